The lowest BCUT2D eigenvalue weighted by Gasteiger charge is -2.19. The van der Waals surface area contributed by atoms with E-state index < -0.39 is 11.9 Å². The average molecular weight is 282 g/mol. The van der Waals surface area contributed by atoms with Crippen molar-refractivity contribution in [3.05, 3.63) is 23.9 Å². The number of alkyl halides is 2. The van der Waals surface area contributed by atoms with Crippen LogP contribution < -0.4 is 15.2 Å². The Balaban J connectivity index is 2.20. The van der Waals surface area contributed by atoms with Gasteiger partial charge in [0.25, 0.3) is 0 Å². The van der Waals surface area contributed by atoms with E-state index in [1.807, 2.05) is 0 Å². The van der Waals surface area contributed by atoms with Gasteiger partial charge in [0, 0.05) is 11.5 Å². The fourth-order valence-corrected chi connectivity index (χ4v) is 2.12. The predicted molar refractivity (Wildman–Crippen MR) is 67.6 cm³/mol. The quantitative estimate of drug-likeness (QED) is 0.839. The van der Waals surface area contributed by atoms with Crippen LogP contribution in [0.2, 0.25) is 0 Å². The first-order valence-electron chi connectivity index (χ1n) is 5.89. The third-order valence-electron chi connectivity index (χ3n) is 2.95. The Kier molecular flexibility index (Phi) is 2.38. The van der Waals surface area contributed by atoms with Gasteiger partial charge in [-0.15, -0.1) is 8.78 Å². The summed E-state index contributed by atoms with van der Waals surface area (Å²) in [7, 11) is 0. The second kappa shape index (κ2) is 3.69. The van der Waals surface area contributed by atoms with Crippen LogP contribution in [0.1, 0.15) is 19.5 Å². The molecule has 0 saturated heterocycles. The summed E-state index contributed by atoms with van der Waals surface area (Å²) in [6, 6.07) is 4.26. The van der Waals surface area contributed by atoms with Crippen LogP contribution in [0.15, 0.2) is 18.2 Å². The number of pyridine rings is 1. The lowest BCUT2D eigenvalue weighted by Crippen LogP contribution is -2.25. The van der Waals surface area contributed by atoms with Gasteiger partial charge in [0.2, 0.25) is 0 Å². The van der Waals surface area contributed by atoms with Crippen LogP contribution in [-0.2, 0) is 5.60 Å². The molecule has 106 valence electrons. The first-order chi connectivity index (χ1) is 9.16. The topological polar surface area (TPSA) is 77.6 Å². The monoisotopic (exact) mass is 282 g/mol. The van der Waals surface area contributed by atoms with Crippen molar-refractivity contribution >= 4 is 16.6 Å². The molecule has 1 aliphatic rings. The highest BCUT2D eigenvalue weighted by Gasteiger charge is 2.43. The highest BCUT2D eigenvalue weighted by molar-refractivity contribution is 5.86. The van der Waals surface area contributed by atoms with Crippen LogP contribution >= 0.6 is 0 Å². The molecule has 7 heteroatoms. The number of halogens is 2. The summed E-state index contributed by atoms with van der Waals surface area (Å²) in [5, 5.41) is 10.5. The zero-order chi connectivity index (χ0) is 14.7. The smallest absolute Gasteiger partial charge is 0.397 e. The molecule has 0 unspecified atom stereocenters. The second-order valence-corrected chi connectivity index (χ2v) is 5.14. The summed E-state index contributed by atoms with van der Waals surface area (Å²) in [6.45, 7) is 3.08. The van der Waals surface area contributed by atoms with Crippen LogP contribution in [-0.4, -0.2) is 16.4 Å². The lowest BCUT2D eigenvalue weighted by molar-refractivity contribution is -0.286. The molecule has 5 nitrogen and oxygen atoms in total. The van der Waals surface area contributed by atoms with Gasteiger partial charge in [-0.1, -0.05) is 0 Å². The summed E-state index contributed by atoms with van der Waals surface area (Å²) in [5.41, 5.74) is 5.52. The zero-order valence-corrected chi connectivity index (χ0v) is 10.8. The van der Waals surface area contributed by atoms with Gasteiger partial charge in [-0.05, 0) is 26.0 Å². The molecule has 2 aromatic rings. The van der Waals surface area contributed by atoms with Crippen molar-refractivity contribution in [3.63, 3.8) is 0 Å². The summed E-state index contributed by atoms with van der Waals surface area (Å²) in [5.74, 6) is -0.166. The molecule has 2 heterocycles. The minimum Gasteiger partial charge on any atom is -0.397 e. The molecule has 1 aromatic carbocycles. The van der Waals surface area contributed by atoms with Crippen molar-refractivity contribution in [3.8, 4) is 11.5 Å². The summed E-state index contributed by atoms with van der Waals surface area (Å²) in [4.78, 5) is 4.22. The molecule has 0 bridgehead atoms. The van der Waals surface area contributed by atoms with Gasteiger partial charge in [-0.2, -0.15) is 0 Å². The van der Waals surface area contributed by atoms with E-state index in [4.69, 9.17) is 5.73 Å². The second-order valence-electron chi connectivity index (χ2n) is 5.14. The maximum absolute atomic E-state index is 13.0. The first-order valence-corrected chi connectivity index (χ1v) is 5.89. The number of hydrogen-bond acceptors (Lipinski definition) is 5. The Morgan fingerprint density at radius 2 is 1.80 bits per heavy atom. The summed E-state index contributed by atoms with van der Waals surface area (Å²) in [6.07, 6.45) is -3.68. The van der Waals surface area contributed by atoms with E-state index in [-0.39, 0.29) is 22.9 Å². The fraction of sp³-hybridized carbons (Fsp3) is 0.308. The Hall–Kier alpha value is -2.15. The van der Waals surface area contributed by atoms with E-state index >= 15 is 0 Å². The van der Waals surface area contributed by atoms with Gasteiger partial charge in [-0.25, -0.2) is 4.98 Å². The first kappa shape index (κ1) is 12.9. The third-order valence-corrected chi connectivity index (χ3v) is 2.95. The van der Waals surface area contributed by atoms with Crippen molar-refractivity contribution in [2.75, 3.05) is 5.73 Å². The fourth-order valence-electron chi connectivity index (χ4n) is 2.12. The third kappa shape index (κ3) is 2.00. The van der Waals surface area contributed by atoms with E-state index in [2.05, 4.69) is 14.5 Å². The van der Waals surface area contributed by atoms with Gasteiger partial charge < -0.3 is 20.3 Å². The number of nitrogen functional groups attached to an aromatic ring is 1. The molecule has 0 fully saturated rings. The number of nitrogens with two attached hydrogens (primary N) is 1. The zero-order valence-electron chi connectivity index (χ0n) is 10.8. The SMILES string of the molecule is CC(C)(O)c1nc2cc3c(cc2cc1N)OC(F)(F)O3. The predicted octanol–water partition coefficient (Wildman–Crippen LogP) is 2.37. The molecule has 20 heavy (non-hydrogen) atoms. The van der Waals surface area contributed by atoms with Crippen LogP contribution in [0, 0.1) is 0 Å². The standard InChI is InChI=1S/C13H12F2N2O3/c1-12(2,18)11-7(16)3-6-4-9-10(5-8(6)17-11)20-13(14,15)19-9/h3-5,18H,16H2,1-2H3. The molecule has 0 saturated carbocycles. The Morgan fingerprint density at radius 1 is 1.20 bits per heavy atom. The molecular formula is C13H12F2N2O3. The van der Waals surface area contributed by atoms with Crippen molar-refractivity contribution < 1.29 is 23.4 Å². The average Bonchev–Trinajstić information content (AvgIpc) is 2.56. The number of benzene rings is 1. The van der Waals surface area contributed by atoms with Crippen LogP contribution in [0.3, 0.4) is 0 Å². The maximum atomic E-state index is 13.0. The normalized spacial score (nSPS) is 16.6. The van der Waals surface area contributed by atoms with E-state index in [0.29, 0.717) is 10.9 Å². The van der Waals surface area contributed by atoms with Gasteiger partial charge in [0.15, 0.2) is 11.5 Å². The molecule has 1 aromatic heterocycles. The molecule has 0 spiro atoms. The molecule has 0 amide bonds. The van der Waals surface area contributed by atoms with Gasteiger partial charge >= 0.3 is 6.29 Å². The molecule has 0 aliphatic carbocycles. The molecule has 1 aliphatic heterocycles. The van der Waals surface area contributed by atoms with E-state index in [0.717, 1.165) is 0 Å². The number of rotatable bonds is 1. The van der Waals surface area contributed by atoms with Crippen molar-refractivity contribution in [1.82, 2.24) is 4.98 Å². The molecule has 3 N–H and O–H groups in total. The minimum atomic E-state index is -3.68. The Bertz CT molecular complexity index is 711. The molecule has 3 rings (SSSR count). The molecular weight excluding hydrogens is 270 g/mol. The van der Waals surface area contributed by atoms with Crippen molar-refractivity contribution in [2.45, 2.75) is 25.7 Å². The van der Waals surface area contributed by atoms with E-state index in [9.17, 15) is 13.9 Å². The number of hydrogen-bond donors (Lipinski definition) is 2. The molecule has 0 radical (unpaired) electrons. The van der Waals surface area contributed by atoms with E-state index in [1.54, 1.807) is 19.9 Å². The maximum Gasteiger partial charge on any atom is 0.586 e. The van der Waals surface area contributed by atoms with Crippen LogP contribution in [0.25, 0.3) is 10.9 Å². The summed E-state index contributed by atoms with van der Waals surface area (Å²) >= 11 is 0. The number of anilines is 1. The van der Waals surface area contributed by atoms with Crippen molar-refractivity contribution in [1.29, 1.82) is 0 Å². The summed E-state index contributed by atoms with van der Waals surface area (Å²) < 4.78 is 34.7. The van der Waals surface area contributed by atoms with Gasteiger partial charge in [0.05, 0.1) is 16.9 Å². The van der Waals surface area contributed by atoms with Crippen LogP contribution in [0.4, 0.5) is 14.5 Å². The Morgan fingerprint density at radius 3 is 2.40 bits per heavy atom. The number of aromatic nitrogens is 1. The highest BCUT2D eigenvalue weighted by atomic mass is 19.3. The number of ether oxygens (including phenoxy) is 2. The van der Waals surface area contributed by atoms with Crippen molar-refractivity contribution in [2.24, 2.45) is 0 Å². The highest BCUT2D eigenvalue weighted by Crippen LogP contribution is 2.43. The minimum absolute atomic E-state index is 0.0697. The Labute approximate surface area is 112 Å². The van der Waals surface area contributed by atoms with E-state index in [1.165, 1.54) is 12.1 Å². The molecule has 0 atom stereocenters. The largest absolute Gasteiger partial charge is 0.586 e. The lowest BCUT2D eigenvalue weighted by atomic mass is 10.0. The van der Waals surface area contributed by atoms with Gasteiger partial charge in [-0.3, -0.25) is 0 Å². The van der Waals surface area contributed by atoms with Crippen LogP contribution in [0.5, 0.6) is 11.5 Å². The number of nitrogens with zero attached hydrogens (tertiary/aromatic N) is 1. The number of fused-ring (bicyclic) bond motifs is 2. The number of aliphatic hydroxyl groups is 1. The van der Waals surface area contributed by atoms with Gasteiger partial charge in [0.1, 0.15) is 5.60 Å².